The Balaban J connectivity index is 1.64. The molecular weight excluding hydrogens is 264 g/mol. The molecule has 0 fully saturated rings. The van der Waals surface area contributed by atoms with Gasteiger partial charge < -0.3 is 8.94 Å². The van der Waals surface area contributed by atoms with E-state index in [9.17, 15) is 0 Å². The van der Waals surface area contributed by atoms with Gasteiger partial charge in [-0.15, -0.1) is 0 Å². The Morgan fingerprint density at radius 1 is 1.00 bits per heavy atom. The summed E-state index contributed by atoms with van der Waals surface area (Å²) in [6.45, 7) is 3.59. The van der Waals surface area contributed by atoms with Crippen molar-refractivity contribution in [2.45, 2.75) is 20.0 Å². The third kappa shape index (κ3) is 3.41. The molecule has 0 aliphatic carbocycles. The molecule has 0 saturated heterocycles. The van der Waals surface area contributed by atoms with Crippen molar-refractivity contribution in [1.29, 1.82) is 0 Å². The molecule has 3 rings (SSSR count). The van der Waals surface area contributed by atoms with E-state index < -0.39 is 0 Å². The Labute approximate surface area is 124 Å². The molecule has 2 heterocycles. The van der Waals surface area contributed by atoms with Crippen molar-refractivity contribution in [1.82, 2.24) is 10.1 Å². The molecule has 1 aromatic carbocycles. The maximum Gasteiger partial charge on any atom is 0.134 e. The maximum absolute atomic E-state index is 5.63. The molecule has 0 unspecified atom stereocenters. The fourth-order valence-electron chi connectivity index (χ4n) is 2.33. The summed E-state index contributed by atoms with van der Waals surface area (Å²) in [6, 6.07) is 14.3. The summed E-state index contributed by atoms with van der Waals surface area (Å²) in [5.41, 5.74) is 3.30. The summed E-state index contributed by atoms with van der Waals surface area (Å²) < 4.78 is 10.5. The first-order valence-electron chi connectivity index (χ1n) is 6.94. The lowest BCUT2D eigenvalue weighted by Crippen LogP contribution is -2.17. The molecule has 0 aliphatic heterocycles. The van der Waals surface area contributed by atoms with E-state index >= 15 is 0 Å². The molecule has 108 valence electrons. The van der Waals surface area contributed by atoms with Crippen molar-refractivity contribution >= 4 is 0 Å². The summed E-state index contributed by atoms with van der Waals surface area (Å²) in [6.07, 6.45) is 1.60. The second-order valence-electron chi connectivity index (χ2n) is 5.27. The van der Waals surface area contributed by atoms with Crippen LogP contribution in [0.5, 0.6) is 0 Å². The van der Waals surface area contributed by atoms with Crippen molar-refractivity contribution in [2.75, 3.05) is 7.05 Å². The summed E-state index contributed by atoms with van der Waals surface area (Å²) >= 11 is 0. The number of benzene rings is 1. The molecular formula is C17H18N2O2. The predicted octanol–water partition coefficient (Wildman–Crippen LogP) is 3.88. The van der Waals surface area contributed by atoms with Gasteiger partial charge in [-0.1, -0.05) is 29.4 Å². The monoisotopic (exact) mass is 282 g/mol. The zero-order chi connectivity index (χ0) is 14.7. The number of hydrogen-bond acceptors (Lipinski definition) is 4. The van der Waals surface area contributed by atoms with Crippen LogP contribution in [0.3, 0.4) is 0 Å². The first kappa shape index (κ1) is 13.6. The quantitative estimate of drug-likeness (QED) is 0.712. The van der Waals surface area contributed by atoms with Gasteiger partial charge in [-0.2, -0.15) is 0 Å². The molecule has 0 atom stereocenters. The zero-order valence-electron chi connectivity index (χ0n) is 12.2. The lowest BCUT2D eigenvalue weighted by molar-refractivity contribution is 0.303. The predicted molar refractivity (Wildman–Crippen MR) is 80.6 cm³/mol. The number of aromatic nitrogens is 1. The lowest BCUT2D eigenvalue weighted by Gasteiger charge is -2.15. The summed E-state index contributed by atoms with van der Waals surface area (Å²) in [4.78, 5) is 2.20. The van der Waals surface area contributed by atoms with Gasteiger partial charge in [-0.25, -0.2) is 0 Å². The fraction of sp³-hybridized carbons (Fsp3) is 0.235. The number of nitrogens with zero attached hydrogens (tertiary/aromatic N) is 2. The number of furan rings is 1. The molecule has 21 heavy (non-hydrogen) atoms. The third-order valence-corrected chi connectivity index (χ3v) is 3.35. The highest BCUT2D eigenvalue weighted by Gasteiger charge is 2.06. The maximum atomic E-state index is 5.63. The van der Waals surface area contributed by atoms with Gasteiger partial charge >= 0.3 is 0 Å². The van der Waals surface area contributed by atoms with Gasteiger partial charge in [0, 0.05) is 24.7 Å². The van der Waals surface area contributed by atoms with Crippen LogP contribution in [-0.2, 0) is 13.1 Å². The smallest absolute Gasteiger partial charge is 0.134 e. The minimum absolute atomic E-state index is 0.773. The Morgan fingerprint density at radius 3 is 2.43 bits per heavy atom. The first-order chi connectivity index (χ1) is 10.2. The van der Waals surface area contributed by atoms with E-state index in [-0.39, 0.29) is 0 Å². The van der Waals surface area contributed by atoms with Crippen LogP contribution in [0.2, 0.25) is 0 Å². The Morgan fingerprint density at radius 2 is 1.81 bits per heavy atom. The number of hydrogen-bond donors (Lipinski definition) is 0. The van der Waals surface area contributed by atoms with E-state index in [1.807, 2.05) is 25.1 Å². The van der Waals surface area contributed by atoms with E-state index in [0.29, 0.717) is 0 Å². The van der Waals surface area contributed by atoms with Crippen LogP contribution < -0.4 is 0 Å². The van der Waals surface area contributed by atoms with Crippen LogP contribution in [0.25, 0.3) is 11.3 Å². The minimum Gasteiger partial charge on any atom is -0.461 e. The van der Waals surface area contributed by atoms with Gasteiger partial charge in [0.1, 0.15) is 17.8 Å². The largest absolute Gasteiger partial charge is 0.461 e. The number of aryl methyl sites for hydroxylation is 1. The van der Waals surface area contributed by atoms with E-state index in [4.69, 9.17) is 8.94 Å². The number of rotatable bonds is 5. The molecule has 4 nitrogen and oxygen atoms in total. The van der Waals surface area contributed by atoms with E-state index in [0.717, 1.165) is 35.9 Å². The summed E-state index contributed by atoms with van der Waals surface area (Å²) in [7, 11) is 2.07. The van der Waals surface area contributed by atoms with E-state index in [1.165, 1.54) is 5.56 Å². The molecule has 0 radical (unpaired) electrons. The van der Waals surface area contributed by atoms with Crippen LogP contribution in [0, 0.1) is 6.92 Å². The Bertz CT molecular complexity index is 684. The van der Waals surface area contributed by atoms with E-state index in [2.05, 4.69) is 41.4 Å². The topological polar surface area (TPSA) is 42.4 Å². The van der Waals surface area contributed by atoms with E-state index in [1.54, 1.807) is 6.26 Å². The van der Waals surface area contributed by atoms with Crippen LogP contribution >= 0.6 is 0 Å². The highest BCUT2D eigenvalue weighted by atomic mass is 16.5. The van der Waals surface area contributed by atoms with Crippen molar-refractivity contribution in [3.05, 3.63) is 65.7 Å². The SMILES string of the molecule is Cc1ccc(-c2ccc(CN(C)Cc3ccon3)cc2)o1. The Kier molecular flexibility index (Phi) is 3.88. The first-order valence-corrected chi connectivity index (χ1v) is 6.94. The molecule has 0 bridgehead atoms. The average molecular weight is 282 g/mol. The third-order valence-electron chi connectivity index (χ3n) is 3.35. The zero-order valence-corrected chi connectivity index (χ0v) is 12.2. The standard InChI is InChI=1S/C17H18N2O2/c1-13-3-8-17(21-13)15-6-4-14(5-7-15)11-19(2)12-16-9-10-20-18-16/h3-10H,11-12H2,1-2H3. The molecule has 0 aliphatic rings. The summed E-state index contributed by atoms with van der Waals surface area (Å²) in [5, 5.41) is 3.92. The molecule has 3 aromatic rings. The van der Waals surface area contributed by atoms with Crippen LogP contribution in [-0.4, -0.2) is 17.1 Å². The lowest BCUT2D eigenvalue weighted by atomic mass is 10.1. The van der Waals surface area contributed by atoms with Crippen molar-refractivity contribution in [3.8, 4) is 11.3 Å². The second-order valence-corrected chi connectivity index (χ2v) is 5.27. The van der Waals surface area contributed by atoms with Crippen LogP contribution in [0.1, 0.15) is 17.0 Å². The van der Waals surface area contributed by atoms with Gasteiger partial charge in [-0.3, -0.25) is 4.90 Å². The molecule has 0 N–H and O–H groups in total. The molecule has 0 spiro atoms. The molecule has 0 amide bonds. The minimum atomic E-state index is 0.773. The average Bonchev–Trinajstić information content (AvgIpc) is 3.11. The second kappa shape index (κ2) is 5.97. The Hall–Kier alpha value is -2.33. The van der Waals surface area contributed by atoms with Crippen molar-refractivity contribution < 1.29 is 8.94 Å². The van der Waals surface area contributed by atoms with Crippen LogP contribution in [0.4, 0.5) is 0 Å². The summed E-state index contributed by atoms with van der Waals surface area (Å²) in [5.74, 6) is 1.84. The molecule has 2 aromatic heterocycles. The van der Waals surface area contributed by atoms with Gasteiger partial charge in [-0.05, 0) is 31.7 Å². The van der Waals surface area contributed by atoms with Crippen LogP contribution in [0.15, 0.2) is 57.7 Å². The van der Waals surface area contributed by atoms with Gasteiger partial charge in [0.05, 0.1) is 5.69 Å². The molecule has 0 saturated carbocycles. The highest BCUT2D eigenvalue weighted by Crippen LogP contribution is 2.22. The van der Waals surface area contributed by atoms with Crippen molar-refractivity contribution in [3.63, 3.8) is 0 Å². The van der Waals surface area contributed by atoms with Gasteiger partial charge in [0.25, 0.3) is 0 Å². The van der Waals surface area contributed by atoms with Gasteiger partial charge in [0.2, 0.25) is 0 Å². The normalized spacial score (nSPS) is 11.2. The molecule has 4 heteroatoms. The van der Waals surface area contributed by atoms with Crippen molar-refractivity contribution in [2.24, 2.45) is 0 Å². The fourth-order valence-corrected chi connectivity index (χ4v) is 2.33. The van der Waals surface area contributed by atoms with Gasteiger partial charge in [0.15, 0.2) is 0 Å². The highest BCUT2D eigenvalue weighted by molar-refractivity contribution is 5.57.